The molecular weight excluding hydrogens is 336 g/mol. The van der Waals surface area contributed by atoms with Gasteiger partial charge >= 0.3 is 0 Å². The topological polar surface area (TPSA) is 90.0 Å². The molecule has 0 spiro atoms. The standard InChI is InChI=1S/C18H20N4O2S/c1-12-2-4-13(5-3-12)14-10-25-17-16(14)18(24)22(11-21-17)9-6-15(23)20-8-7-19/h2-5,10-11H,6-9,19H2,1H3,(H,20,23). The molecule has 0 atom stereocenters. The second-order valence-electron chi connectivity index (χ2n) is 5.83. The molecule has 0 aliphatic rings. The van der Waals surface area contributed by atoms with Gasteiger partial charge in [0.1, 0.15) is 4.83 Å². The van der Waals surface area contributed by atoms with Gasteiger partial charge in [-0.15, -0.1) is 11.3 Å². The number of amides is 1. The predicted molar refractivity (Wildman–Crippen MR) is 101 cm³/mol. The maximum Gasteiger partial charge on any atom is 0.262 e. The van der Waals surface area contributed by atoms with Crippen molar-refractivity contribution in [1.29, 1.82) is 0 Å². The number of rotatable bonds is 6. The molecule has 0 unspecified atom stereocenters. The van der Waals surface area contributed by atoms with E-state index in [0.717, 1.165) is 11.1 Å². The normalized spacial score (nSPS) is 11.0. The molecule has 1 amide bonds. The number of benzene rings is 1. The van der Waals surface area contributed by atoms with Gasteiger partial charge in [-0.3, -0.25) is 14.2 Å². The van der Waals surface area contributed by atoms with Crippen LogP contribution < -0.4 is 16.6 Å². The average molecular weight is 356 g/mol. The fraction of sp³-hybridized carbons (Fsp3) is 0.278. The van der Waals surface area contributed by atoms with Crippen molar-refractivity contribution in [3.05, 3.63) is 51.9 Å². The predicted octanol–water partition coefficient (Wildman–Crippen LogP) is 1.90. The second kappa shape index (κ2) is 7.58. The SMILES string of the molecule is Cc1ccc(-c2csc3ncn(CCC(=O)NCCN)c(=O)c23)cc1. The van der Waals surface area contributed by atoms with Crippen molar-refractivity contribution >= 4 is 27.5 Å². The molecule has 0 aliphatic heterocycles. The Balaban J connectivity index is 1.91. The molecule has 25 heavy (non-hydrogen) atoms. The van der Waals surface area contributed by atoms with E-state index in [1.54, 1.807) is 0 Å². The first-order valence-corrected chi connectivity index (χ1v) is 8.98. The molecule has 7 heteroatoms. The van der Waals surface area contributed by atoms with Gasteiger partial charge < -0.3 is 11.1 Å². The molecule has 0 radical (unpaired) electrons. The van der Waals surface area contributed by atoms with Gasteiger partial charge in [-0.1, -0.05) is 29.8 Å². The number of nitrogens with zero attached hydrogens (tertiary/aromatic N) is 2. The third-order valence-electron chi connectivity index (χ3n) is 3.97. The van der Waals surface area contributed by atoms with Crippen LogP contribution in [0.1, 0.15) is 12.0 Å². The Labute approximate surface area is 149 Å². The van der Waals surface area contributed by atoms with Crippen molar-refractivity contribution in [2.45, 2.75) is 19.9 Å². The number of carbonyl (C=O) groups is 1. The van der Waals surface area contributed by atoms with Crippen LogP contribution in [0.15, 0.2) is 40.8 Å². The Morgan fingerprint density at radius 1 is 1.32 bits per heavy atom. The first-order chi connectivity index (χ1) is 12.1. The highest BCUT2D eigenvalue weighted by atomic mass is 32.1. The molecule has 0 bridgehead atoms. The summed E-state index contributed by atoms with van der Waals surface area (Å²) in [4.78, 5) is 29.7. The van der Waals surface area contributed by atoms with Gasteiger partial charge in [0.15, 0.2) is 0 Å². The number of nitrogens with two attached hydrogens (primary N) is 1. The first kappa shape index (κ1) is 17.3. The number of fused-ring (bicyclic) bond motifs is 1. The molecule has 6 nitrogen and oxygen atoms in total. The Kier molecular flexibility index (Phi) is 5.25. The van der Waals surface area contributed by atoms with Crippen LogP contribution in [0.2, 0.25) is 0 Å². The van der Waals surface area contributed by atoms with Gasteiger partial charge in [0.05, 0.1) is 11.7 Å². The molecule has 0 aliphatic carbocycles. The quantitative estimate of drug-likeness (QED) is 0.706. The molecule has 0 saturated heterocycles. The van der Waals surface area contributed by atoms with Crippen molar-refractivity contribution in [3.8, 4) is 11.1 Å². The smallest absolute Gasteiger partial charge is 0.262 e. The van der Waals surface area contributed by atoms with Crippen LogP contribution in [-0.4, -0.2) is 28.5 Å². The molecule has 1 aromatic carbocycles. The summed E-state index contributed by atoms with van der Waals surface area (Å²) in [5.74, 6) is -0.124. The number of aromatic nitrogens is 2. The zero-order valence-electron chi connectivity index (χ0n) is 14.0. The minimum Gasteiger partial charge on any atom is -0.355 e. The summed E-state index contributed by atoms with van der Waals surface area (Å²) in [5.41, 5.74) is 8.30. The molecular formula is C18H20N4O2S. The zero-order valence-corrected chi connectivity index (χ0v) is 14.8. The van der Waals surface area contributed by atoms with Crippen LogP contribution in [0.3, 0.4) is 0 Å². The Bertz CT molecular complexity index is 944. The van der Waals surface area contributed by atoms with Gasteiger partial charge in [-0.25, -0.2) is 4.98 Å². The number of carbonyl (C=O) groups excluding carboxylic acids is 1. The van der Waals surface area contributed by atoms with Crippen LogP contribution in [-0.2, 0) is 11.3 Å². The van der Waals surface area contributed by atoms with E-state index in [2.05, 4.69) is 10.3 Å². The third kappa shape index (κ3) is 3.78. The van der Waals surface area contributed by atoms with E-state index in [9.17, 15) is 9.59 Å². The number of hydrogen-bond donors (Lipinski definition) is 2. The van der Waals surface area contributed by atoms with Crippen molar-refractivity contribution < 1.29 is 4.79 Å². The van der Waals surface area contributed by atoms with E-state index >= 15 is 0 Å². The zero-order chi connectivity index (χ0) is 17.8. The summed E-state index contributed by atoms with van der Waals surface area (Å²) in [7, 11) is 0. The summed E-state index contributed by atoms with van der Waals surface area (Å²) in [6.07, 6.45) is 1.73. The summed E-state index contributed by atoms with van der Waals surface area (Å²) < 4.78 is 1.49. The van der Waals surface area contributed by atoms with Crippen LogP contribution in [0, 0.1) is 6.92 Å². The Morgan fingerprint density at radius 2 is 2.08 bits per heavy atom. The van der Waals surface area contributed by atoms with Gasteiger partial charge in [0.2, 0.25) is 5.91 Å². The number of hydrogen-bond acceptors (Lipinski definition) is 5. The lowest BCUT2D eigenvalue weighted by Crippen LogP contribution is -2.31. The summed E-state index contributed by atoms with van der Waals surface area (Å²) in [6, 6.07) is 8.06. The van der Waals surface area contributed by atoms with Crippen LogP contribution in [0.4, 0.5) is 0 Å². The lowest BCUT2D eigenvalue weighted by atomic mass is 10.1. The van der Waals surface area contributed by atoms with E-state index in [1.807, 2.05) is 36.6 Å². The van der Waals surface area contributed by atoms with Crippen molar-refractivity contribution in [3.63, 3.8) is 0 Å². The molecule has 130 valence electrons. The third-order valence-corrected chi connectivity index (χ3v) is 4.86. The van der Waals surface area contributed by atoms with Crippen LogP contribution in [0.25, 0.3) is 21.3 Å². The van der Waals surface area contributed by atoms with Gasteiger partial charge in [-0.2, -0.15) is 0 Å². The lowest BCUT2D eigenvalue weighted by Gasteiger charge is -2.07. The van der Waals surface area contributed by atoms with Gasteiger partial charge in [0.25, 0.3) is 5.56 Å². The highest BCUT2D eigenvalue weighted by Gasteiger charge is 2.13. The summed E-state index contributed by atoms with van der Waals surface area (Å²) in [6.45, 7) is 3.16. The van der Waals surface area contributed by atoms with Crippen molar-refractivity contribution in [1.82, 2.24) is 14.9 Å². The Morgan fingerprint density at radius 3 is 2.80 bits per heavy atom. The van der Waals surface area contributed by atoms with E-state index in [4.69, 9.17) is 5.73 Å². The molecule has 3 aromatic rings. The molecule has 0 fully saturated rings. The average Bonchev–Trinajstić information content (AvgIpc) is 3.05. The molecule has 0 saturated carbocycles. The van der Waals surface area contributed by atoms with Crippen molar-refractivity contribution in [2.24, 2.45) is 5.73 Å². The second-order valence-corrected chi connectivity index (χ2v) is 6.69. The highest BCUT2D eigenvalue weighted by molar-refractivity contribution is 7.17. The molecule has 3 N–H and O–H groups in total. The van der Waals surface area contributed by atoms with E-state index in [-0.39, 0.29) is 17.9 Å². The minimum absolute atomic E-state index is 0.117. The monoisotopic (exact) mass is 356 g/mol. The summed E-state index contributed by atoms with van der Waals surface area (Å²) >= 11 is 1.45. The minimum atomic E-state index is -0.124. The number of nitrogens with one attached hydrogen (secondary N) is 1. The maximum atomic E-state index is 12.9. The fourth-order valence-corrected chi connectivity index (χ4v) is 3.50. The van der Waals surface area contributed by atoms with Crippen LogP contribution >= 0.6 is 11.3 Å². The fourth-order valence-electron chi connectivity index (χ4n) is 2.59. The van der Waals surface area contributed by atoms with Crippen LogP contribution in [0.5, 0.6) is 0 Å². The lowest BCUT2D eigenvalue weighted by molar-refractivity contribution is -0.121. The highest BCUT2D eigenvalue weighted by Crippen LogP contribution is 2.30. The first-order valence-electron chi connectivity index (χ1n) is 8.10. The maximum absolute atomic E-state index is 12.9. The van der Waals surface area contributed by atoms with Crippen molar-refractivity contribution in [2.75, 3.05) is 13.1 Å². The number of thiophene rings is 1. The van der Waals surface area contributed by atoms with E-state index in [1.165, 1.54) is 27.8 Å². The summed E-state index contributed by atoms with van der Waals surface area (Å²) in [5, 5.41) is 5.27. The van der Waals surface area contributed by atoms with E-state index in [0.29, 0.717) is 29.9 Å². The van der Waals surface area contributed by atoms with Gasteiger partial charge in [-0.05, 0) is 12.5 Å². The molecule has 3 rings (SSSR count). The van der Waals surface area contributed by atoms with E-state index < -0.39 is 0 Å². The number of aryl methyl sites for hydroxylation is 2. The largest absolute Gasteiger partial charge is 0.355 e. The Hall–Kier alpha value is -2.51. The molecule has 2 aromatic heterocycles. The van der Waals surface area contributed by atoms with Gasteiger partial charge in [0, 0.05) is 37.0 Å². The molecule has 2 heterocycles.